The van der Waals surface area contributed by atoms with Gasteiger partial charge in [-0.3, -0.25) is 0 Å². The maximum Gasteiger partial charge on any atom is 0.00735 e. The topological polar surface area (TPSA) is 0 Å². The highest BCUT2D eigenvalue weighted by molar-refractivity contribution is 5.80. The van der Waals surface area contributed by atoms with Crippen molar-refractivity contribution >= 4 is 0 Å². The summed E-state index contributed by atoms with van der Waals surface area (Å²) in [4.78, 5) is 0. The first-order valence-electron chi connectivity index (χ1n) is 17.7. The molecule has 76 heavy (non-hydrogen) atoms. The average molecular weight is 1080 g/mol. The lowest BCUT2D eigenvalue weighted by atomic mass is 9.97. The highest BCUT2D eigenvalue weighted by atomic mass is 14.3. The summed E-state index contributed by atoms with van der Waals surface area (Å²) < 4.78 is 0. The number of rotatable bonds is 0. The van der Waals surface area contributed by atoms with Crippen LogP contribution in [-0.2, 0) is 12.8 Å². The Balaban J connectivity index is -0.0000000220. The van der Waals surface area contributed by atoms with Crippen molar-refractivity contribution in [3.05, 3.63) is 176 Å². The Kier molecular flexibility index (Phi) is 128. The smallest absolute Gasteiger partial charge is 0.00735 e. The van der Waals surface area contributed by atoms with Crippen LogP contribution in [0.5, 0.6) is 0 Å². The first kappa shape index (κ1) is 151. The second kappa shape index (κ2) is 64.6. The van der Waals surface area contributed by atoms with Crippen LogP contribution >= 0.6 is 0 Å². The summed E-state index contributed by atoms with van der Waals surface area (Å²) in [5, 5.41) is 0. The van der Waals surface area contributed by atoms with Gasteiger partial charge >= 0.3 is 0 Å². The summed E-state index contributed by atoms with van der Waals surface area (Å²) in [7, 11) is 0. The molecule has 466 valence electrons. The zero-order valence-electron chi connectivity index (χ0n) is 30.4. The lowest BCUT2D eigenvalue weighted by molar-refractivity contribution is 0.952. The maximum atomic E-state index is 2.33. The lowest BCUT2D eigenvalue weighted by Crippen LogP contribution is -1.90. The molecular formula is C76H162. The normalized spacial score (nSPS) is 7.86. The Hall–Kier alpha value is -4.68. The molecule has 0 amide bonds. The number of hydrogen-bond acceptors (Lipinski definition) is 0. The van der Waals surface area contributed by atoms with Gasteiger partial charge in [0, 0.05) is 5.92 Å². The average Bonchev–Trinajstić information content (AvgIpc) is 3.70. The molecule has 6 aromatic carbocycles. The molecule has 0 fully saturated rings. The number of hydrogen-bond donors (Lipinski definition) is 0. The van der Waals surface area contributed by atoms with Gasteiger partial charge in [0.2, 0.25) is 0 Å². The molecule has 6 aromatic rings. The molecule has 0 bridgehead atoms. The molecule has 9 rings (SSSR count). The van der Waals surface area contributed by atoms with E-state index in [9.17, 15) is 0 Å². The molecule has 3 aliphatic rings. The molecule has 0 unspecified atom stereocenters. The van der Waals surface area contributed by atoms with Crippen LogP contribution in [-0.4, -0.2) is 0 Å². The largest absolute Gasteiger partial charge is 0.0776 e. The molecule has 0 saturated carbocycles. The van der Waals surface area contributed by atoms with Crippen LogP contribution in [0.1, 0.15) is 301 Å². The minimum Gasteiger partial charge on any atom is -0.0776 e. The molecule has 0 saturated heterocycles. The predicted octanol–water partition coefficient (Wildman–Crippen LogP) is 31.0. The van der Waals surface area contributed by atoms with E-state index in [4.69, 9.17) is 0 Å². The maximum absolute atomic E-state index is 2.33. The molecule has 0 aromatic heterocycles. The molecule has 0 radical (unpaired) electrons. The standard InChI is InChI=1S/C16H16.2C15H14.C2H6.28CH4/c1-10-4-6-13-14-7-5-11(2)9-16(14)12(3)15(13)8-10;2*1-10-3-5-14-12(7-10)9-13-8-11(2)4-6-15(13)14;1-2;;;;;;;;;;;;;;;;;;;;;;;;;;;;/h4-9,12H,1-3H3;2*3-8H,9H2,1-2H3;1-2H3;28*1H4. The molecule has 0 atom stereocenters. The van der Waals surface area contributed by atoms with E-state index in [1.165, 1.54) is 100 Å². The molecular weight excluding hydrogens is 913 g/mol. The summed E-state index contributed by atoms with van der Waals surface area (Å²) in [5.74, 6) is 0.546. The fourth-order valence-electron chi connectivity index (χ4n) is 7.68. The molecule has 0 spiro atoms. The van der Waals surface area contributed by atoms with Crippen LogP contribution in [0.15, 0.2) is 109 Å². The van der Waals surface area contributed by atoms with E-state index in [-0.39, 0.29) is 208 Å². The minimum absolute atomic E-state index is 0. The third-order valence-electron chi connectivity index (χ3n) is 10.0. The fraction of sp³-hybridized carbons (Fsp3) is 0.526. The molecule has 0 heteroatoms. The zero-order chi connectivity index (χ0) is 34.1. The van der Waals surface area contributed by atoms with Crippen LogP contribution in [0.2, 0.25) is 0 Å². The minimum atomic E-state index is 0. The molecule has 0 nitrogen and oxygen atoms in total. The van der Waals surface area contributed by atoms with Gasteiger partial charge in [-0.1, -0.05) is 371 Å². The SMILES string of the molecule is C.C.C.C.C.C.C.C.C.C.C.C.C.C.C.C.C.C.C.C.C.C.C.C.C.C.C.C.CC.Cc1ccc2c(c1)C(C)c1cc(C)ccc1-2.Cc1ccc2c(c1)Cc1cc(C)ccc1-2.Cc1ccc2c(c1)Cc1cc(C)ccc1-2. The van der Waals surface area contributed by atoms with Crippen molar-refractivity contribution in [1.29, 1.82) is 0 Å². The summed E-state index contributed by atoms with van der Waals surface area (Å²) in [5.41, 5.74) is 25.6. The third-order valence-corrected chi connectivity index (χ3v) is 10.0. The first-order valence-corrected chi connectivity index (χ1v) is 17.7. The number of aryl methyl sites for hydroxylation is 6. The molecule has 0 aliphatic heterocycles. The van der Waals surface area contributed by atoms with Gasteiger partial charge in [0.15, 0.2) is 0 Å². The summed E-state index contributed by atoms with van der Waals surface area (Å²) >= 11 is 0. The third kappa shape index (κ3) is 31.5. The highest BCUT2D eigenvalue weighted by Gasteiger charge is 2.25. The molecule has 0 N–H and O–H groups in total. The second-order valence-electron chi connectivity index (χ2n) is 13.9. The van der Waals surface area contributed by atoms with Gasteiger partial charge in [0.05, 0.1) is 0 Å². The van der Waals surface area contributed by atoms with Crippen molar-refractivity contribution in [3.63, 3.8) is 0 Å². The quantitative estimate of drug-likeness (QED) is 0.142. The summed E-state index contributed by atoms with van der Waals surface area (Å²) in [6.45, 7) is 19.3. The Labute approximate surface area is 495 Å². The first-order chi connectivity index (χ1) is 23.1. The van der Waals surface area contributed by atoms with Crippen molar-refractivity contribution in [2.75, 3.05) is 0 Å². The van der Waals surface area contributed by atoms with Crippen molar-refractivity contribution in [3.8, 4) is 33.4 Å². The van der Waals surface area contributed by atoms with Gasteiger partial charge in [-0.2, -0.15) is 0 Å². The van der Waals surface area contributed by atoms with Crippen LogP contribution in [0, 0.1) is 41.5 Å². The van der Waals surface area contributed by atoms with Crippen molar-refractivity contribution in [1.82, 2.24) is 0 Å². The summed E-state index contributed by atoms with van der Waals surface area (Å²) in [6.07, 6.45) is 2.21. The van der Waals surface area contributed by atoms with E-state index in [1.807, 2.05) is 13.8 Å². The highest BCUT2D eigenvalue weighted by Crippen LogP contribution is 2.45. The Morgan fingerprint density at radius 3 is 0.539 bits per heavy atom. The van der Waals surface area contributed by atoms with Crippen molar-refractivity contribution in [2.45, 2.75) is 289 Å². The Morgan fingerprint density at radius 1 is 0.224 bits per heavy atom. The second-order valence-corrected chi connectivity index (χ2v) is 13.9. The monoisotopic (exact) mass is 1080 g/mol. The fourth-order valence-corrected chi connectivity index (χ4v) is 7.68. The van der Waals surface area contributed by atoms with E-state index in [1.54, 1.807) is 0 Å². The van der Waals surface area contributed by atoms with Crippen LogP contribution < -0.4 is 0 Å². The number of fused-ring (bicyclic) bond motifs is 9. The van der Waals surface area contributed by atoms with E-state index in [0.717, 1.165) is 12.8 Å². The molecule has 3 aliphatic carbocycles. The van der Waals surface area contributed by atoms with Crippen molar-refractivity contribution in [2.24, 2.45) is 0 Å². The Bertz CT molecular complexity index is 1870. The van der Waals surface area contributed by atoms with Gasteiger partial charge in [-0.05, 0) is 121 Å². The van der Waals surface area contributed by atoms with Gasteiger partial charge < -0.3 is 0 Å². The van der Waals surface area contributed by atoms with Crippen LogP contribution in [0.25, 0.3) is 33.4 Å². The number of benzene rings is 6. The van der Waals surface area contributed by atoms with E-state index < -0.39 is 0 Å². The lowest BCUT2D eigenvalue weighted by Gasteiger charge is -2.07. The Morgan fingerprint density at radius 2 is 0.368 bits per heavy atom. The van der Waals surface area contributed by atoms with Gasteiger partial charge in [-0.15, -0.1) is 0 Å². The van der Waals surface area contributed by atoms with E-state index in [2.05, 4.69) is 158 Å². The zero-order valence-corrected chi connectivity index (χ0v) is 30.4. The van der Waals surface area contributed by atoms with Crippen LogP contribution in [0.4, 0.5) is 0 Å². The predicted molar refractivity (Wildman–Crippen MR) is 397 cm³/mol. The van der Waals surface area contributed by atoms with Crippen LogP contribution in [0.3, 0.4) is 0 Å². The van der Waals surface area contributed by atoms with Gasteiger partial charge in [-0.25, -0.2) is 0 Å². The van der Waals surface area contributed by atoms with E-state index in [0.29, 0.717) is 5.92 Å². The molecule has 0 heterocycles. The summed E-state index contributed by atoms with van der Waals surface area (Å²) in [6, 6.07) is 40.7. The van der Waals surface area contributed by atoms with Gasteiger partial charge in [0.25, 0.3) is 0 Å². The van der Waals surface area contributed by atoms with Gasteiger partial charge in [0.1, 0.15) is 0 Å². The van der Waals surface area contributed by atoms with E-state index >= 15 is 0 Å². The van der Waals surface area contributed by atoms with Crippen molar-refractivity contribution < 1.29 is 0 Å².